The fourth-order valence-electron chi connectivity index (χ4n) is 5.34. The van der Waals surface area contributed by atoms with Gasteiger partial charge in [0.2, 0.25) is 5.91 Å². The molecule has 0 saturated carbocycles. The Morgan fingerprint density at radius 3 is 2.66 bits per heavy atom. The van der Waals surface area contributed by atoms with Crippen molar-refractivity contribution in [2.45, 2.75) is 84.0 Å². The molecule has 4 aliphatic rings. The lowest BCUT2D eigenvalue weighted by Crippen LogP contribution is -2.48. The average molecular weight is 521 g/mol. The van der Waals surface area contributed by atoms with E-state index in [2.05, 4.69) is 16.4 Å². The van der Waals surface area contributed by atoms with Crippen LogP contribution < -0.4 is 15.8 Å². The molecule has 3 atom stereocenters. The molecular formula is C30H37FN4O3. The number of carbonyl (C=O) groups is 2. The van der Waals surface area contributed by atoms with E-state index in [1.807, 2.05) is 52.0 Å². The van der Waals surface area contributed by atoms with Crippen LogP contribution >= 0.6 is 0 Å². The van der Waals surface area contributed by atoms with Gasteiger partial charge in [0, 0.05) is 24.0 Å². The third-order valence-electron chi connectivity index (χ3n) is 7.12. The van der Waals surface area contributed by atoms with Crippen LogP contribution in [0.1, 0.15) is 99.4 Å². The Hall–Kier alpha value is -3.68. The Bertz CT molecular complexity index is 1290. The van der Waals surface area contributed by atoms with Gasteiger partial charge in [-0.05, 0) is 57.4 Å². The second-order valence-corrected chi connectivity index (χ2v) is 10.4. The number of fused-ring (bicyclic) bond motifs is 4. The van der Waals surface area contributed by atoms with Crippen molar-refractivity contribution in [3.8, 4) is 5.75 Å². The van der Waals surface area contributed by atoms with Gasteiger partial charge >= 0.3 is 0 Å². The van der Waals surface area contributed by atoms with Crippen molar-refractivity contribution in [1.29, 1.82) is 0 Å². The highest BCUT2D eigenvalue weighted by Crippen LogP contribution is 2.40. The van der Waals surface area contributed by atoms with Gasteiger partial charge in [-0.1, -0.05) is 44.2 Å². The SMILES string of the molecule is CC.CC1c2cccc(c2F)C(=O)NC2CC(C)(C)Oc3ccc(cc32)/C=C\CCC2CC(=O)N1C(N)=N2. The zero-order chi connectivity index (χ0) is 27.6. The minimum Gasteiger partial charge on any atom is -0.487 e. The number of allylic oxidation sites excluding steroid dienone is 1. The van der Waals surface area contributed by atoms with Gasteiger partial charge in [-0.3, -0.25) is 14.5 Å². The number of nitrogens with zero attached hydrogens (tertiary/aromatic N) is 2. The molecule has 3 N–H and O–H groups in total. The van der Waals surface area contributed by atoms with Crippen molar-refractivity contribution in [3.05, 3.63) is 70.5 Å². The molecule has 3 unspecified atom stereocenters. The molecule has 0 fully saturated rings. The summed E-state index contributed by atoms with van der Waals surface area (Å²) in [6.07, 6.45) is 6.20. The number of amides is 2. The molecule has 4 aliphatic heterocycles. The van der Waals surface area contributed by atoms with Crippen molar-refractivity contribution in [1.82, 2.24) is 10.2 Å². The molecule has 0 spiro atoms. The van der Waals surface area contributed by atoms with E-state index < -0.39 is 23.4 Å². The van der Waals surface area contributed by atoms with E-state index in [9.17, 15) is 9.59 Å². The summed E-state index contributed by atoms with van der Waals surface area (Å²) in [5.74, 6) is -0.616. The number of halogens is 1. The molecule has 6 bridgehead atoms. The highest BCUT2D eigenvalue weighted by Gasteiger charge is 2.36. The molecule has 2 aromatic rings. The standard InChI is InChI=1S/C28H31FN4O3.C2H6/c1-16-19-9-6-10-20(25(19)29)26(35)32-22-15-28(2,3)36-23-12-11-17(13-21(22)23)7-4-5-8-18-14-24(34)33(16)27(30)31-18;1-2/h4,6-7,9-13,16,18,22H,5,8,14-15H2,1-3H3,(H2,30,31)(H,32,35);1-2H3/b7-4-;. The monoisotopic (exact) mass is 520 g/mol. The van der Waals surface area contributed by atoms with Crippen LogP contribution in [0.5, 0.6) is 5.75 Å². The van der Waals surface area contributed by atoms with Crippen LogP contribution in [0.25, 0.3) is 6.08 Å². The quantitative estimate of drug-likeness (QED) is 0.468. The lowest BCUT2D eigenvalue weighted by atomic mass is 9.88. The number of guanidine groups is 1. The predicted molar refractivity (Wildman–Crippen MR) is 147 cm³/mol. The third kappa shape index (κ3) is 5.44. The Balaban J connectivity index is 0.00000164. The molecule has 8 heteroatoms. The minimum absolute atomic E-state index is 0.0766. The lowest BCUT2D eigenvalue weighted by Gasteiger charge is -2.38. The largest absolute Gasteiger partial charge is 0.487 e. The predicted octanol–water partition coefficient (Wildman–Crippen LogP) is 5.67. The van der Waals surface area contributed by atoms with E-state index in [1.54, 1.807) is 19.1 Å². The number of hydrogen-bond donors (Lipinski definition) is 2. The molecular weight excluding hydrogens is 483 g/mol. The summed E-state index contributed by atoms with van der Waals surface area (Å²) in [7, 11) is 0. The van der Waals surface area contributed by atoms with Crippen LogP contribution in [0.15, 0.2) is 47.5 Å². The summed E-state index contributed by atoms with van der Waals surface area (Å²) in [6.45, 7) is 9.63. The Morgan fingerprint density at radius 2 is 1.92 bits per heavy atom. The normalized spacial score (nSPS) is 25.1. The summed E-state index contributed by atoms with van der Waals surface area (Å²) < 4.78 is 21.9. The van der Waals surface area contributed by atoms with Gasteiger partial charge in [0.05, 0.1) is 23.7 Å². The number of nitrogens with one attached hydrogen (secondary N) is 1. The number of carbonyl (C=O) groups excluding carboxylic acids is 2. The van der Waals surface area contributed by atoms with Gasteiger partial charge in [-0.15, -0.1) is 0 Å². The lowest BCUT2D eigenvalue weighted by molar-refractivity contribution is -0.130. The molecule has 4 heterocycles. The fourth-order valence-corrected chi connectivity index (χ4v) is 5.34. The molecule has 0 radical (unpaired) electrons. The summed E-state index contributed by atoms with van der Waals surface area (Å²) in [4.78, 5) is 32.2. The first kappa shape index (κ1) is 27.4. The van der Waals surface area contributed by atoms with Crippen molar-refractivity contribution in [3.63, 3.8) is 0 Å². The number of aliphatic imine (C=N–C) groups is 1. The molecule has 38 heavy (non-hydrogen) atoms. The van der Waals surface area contributed by atoms with E-state index in [0.717, 1.165) is 17.5 Å². The van der Waals surface area contributed by atoms with E-state index in [4.69, 9.17) is 10.5 Å². The van der Waals surface area contributed by atoms with Crippen LogP contribution in [0, 0.1) is 5.82 Å². The molecule has 6 rings (SSSR count). The van der Waals surface area contributed by atoms with Crippen molar-refractivity contribution in [2.24, 2.45) is 10.7 Å². The number of rotatable bonds is 0. The first-order valence-electron chi connectivity index (χ1n) is 13.4. The zero-order valence-electron chi connectivity index (χ0n) is 22.8. The first-order valence-corrected chi connectivity index (χ1v) is 13.4. The molecule has 0 aliphatic carbocycles. The van der Waals surface area contributed by atoms with Crippen LogP contribution in [0.4, 0.5) is 4.39 Å². The van der Waals surface area contributed by atoms with E-state index in [0.29, 0.717) is 18.6 Å². The molecule has 2 aromatic carbocycles. The summed E-state index contributed by atoms with van der Waals surface area (Å²) >= 11 is 0. The van der Waals surface area contributed by atoms with Gasteiger partial charge in [-0.25, -0.2) is 9.38 Å². The van der Waals surface area contributed by atoms with Gasteiger partial charge in [0.15, 0.2) is 5.96 Å². The van der Waals surface area contributed by atoms with Gasteiger partial charge < -0.3 is 15.8 Å². The van der Waals surface area contributed by atoms with Gasteiger partial charge in [0.1, 0.15) is 17.2 Å². The molecule has 0 saturated heterocycles. The topological polar surface area (TPSA) is 97.0 Å². The Labute approximate surface area is 224 Å². The third-order valence-corrected chi connectivity index (χ3v) is 7.12. The van der Waals surface area contributed by atoms with Crippen LogP contribution in [-0.4, -0.2) is 34.3 Å². The first-order chi connectivity index (χ1) is 18.1. The van der Waals surface area contributed by atoms with Gasteiger partial charge in [-0.2, -0.15) is 0 Å². The van der Waals surface area contributed by atoms with Gasteiger partial charge in [0.25, 0.3) is 5.91 Å². The average Bonchev–Trinajstić information content (AvgIpc) is 2.86. The van der Waals surface area contributed by atoms with Crippen molar-refractivity contribution >= 4 is 23.8 Å². The second-order valence-electron chi connectivity index (χ2n) is 10.4. The highest BCUT2D eigenvalue weighted by molar-refractivity contribution is 5.99. The smallest absolute Gasteiger partial charge is 0.254 e. The molecule has 7 nitrogen and oxygen atoms in total. The van der Waals surface area contributed by atoms with E-state index >= 15 is 4.39 Å². The zero-order valence-corrected chi connectivity index (χ0v) is 22.8. The molecule has 2 amide bonds. The maximum atomic E-state index is 15.7. The minimum atomic E-state index is -0.709. The Kier molecular flexibility index (Phi) is 7.90. The summed E-state index contributed by atoms with van der Waals surface area (Å²) in [5, 5.41) is 3.03. The van der Waals surface area contributed by atoms with E-state index in [1.165, 1.54) is 11.0 Å². The second kappa shape index (κ2) is 11.0. The maximum absolute atomic E-state index is 15.7. The molecule has 0 aromatic heterocycles. The van der Waals surface area contributed by atoms with Crippen molar-refractivity contribution in [2.75, 3.05) is 0 Å². The maximum Gasteiger partial charge on any atom is 0.254 e. The van der Waals surface area contributed by atoms with Crippen molar-refractivity contribution < 1.29 is 18.7 Å². The summed E-state index contributed by atoms with van der Waals surface area (Å²) in [5.41, 5.74) is 7.64. The van der Waals surface area contributed by atoms with Crippen LogP contribution in [0.2, 0.25) is 0 Å². The number of ether oxygens (including phenoxy) is 1. The van der Waals surface area contributed by atoms with Crippen LogP contribution in [0.3, 0.4) is 0 Å². The highest BCUT2D eigenvalue weighted by atomic mass is 19.1. The molecule has 202 valence electrons. The van der Waals surface area contributed by atoms with Crippen LogP contribution in [-0.2, 0) is 4.79 Å². The summed E-state index contributed by atoms with van der Waals surface area (Å²) in [6, 6.07) is 9.24. The number of hydrogen-bond acceptors (Lipinski definition) is 5. The fraction of sp³-hybridized carbons (Fsp3) is 0.433. The number of nitrogens with two attached hydrogens (primary N) is 1. The Morgan fingerprint density at radius 1 is 1.16 bits per heavy atom. The van der Waals surface area contributed by atoms with E-state index in [-0.39, 0.29) is 41.5 Å². The number of benzene rings is 2.